The van der Waals surface area contributed by atoms with Crippen molar-refractivity contribution >= 4 is 0 Å². The highest BCUT2D eigenvalue weighted by Gasteiger charge is 2.04. The minimum atomic E-state index is 0.147. The Kier molecular flexibility index (Phi) is 6.82. The average Bonchev–Trinajstić information content (AvgIpc) is 2.36. The van der Waals surface area contributed by atoms with E-state index in [0.717, 1.165) is 19.5 Å². The fourth-order valence-corrected chi connectivity index (χ4v) is 1.66. The van der Waals surface area contributed by atoms with Gasteiger partial charge in [0.05, 0.1) is 6.61 Å². The summed E-state index contributed by atoms with van der Waals surface area (Å²) in [5.41, 5.74) is 9.40. The van der Waals surface area contributed by atoms with Crippen LogP contribution in [0, 0.1) is 0 Å². The number of benzene rings is 1. The molecule has 1 rings (SSSR count). The van der Waals surface area contributed by atoms with Gasteiger partial charge in [-0.3, -0.25) is 4.90 Å². The molecule has 0 bridgehead atoms. The SMILES string of the molecule is [N-]=[N+]=NCCCN(CCO)Cc1ccccc1. The lowest BCUT2D eigenvalue weighted by Crippen LogP contribution is -2.27. The molecule has 1 aromatic rings. The van der Waals surface area contributed by atoms with Gasteiger partial charge in [-0.05, 0) is 24.1 Å². The van der Waals surface area contributed by atoms with Crippen LogP contribution in [0.2, 0.25) is 0 Å². The first kappa shape index (κ1) is 13.5. The van der Waals surface area contributed by atoms with Crippen molar-refractivity contribution in [1.82, 2.24) is 4.90 Å². The van der Waals surface area contributed by atoms with E-state index in [9.17, 15) is 0 Å². The van der Waals surface area contributed by atoms with Gasteiger partial charge < -0.3 is 5.11 Å². The minimum Gasteiger partial charge on any atom is -0.395 e. The summed E-state index contributed by atoms with van der Waals surface area (Å²) in [6, 6.07) is 10.1. The average molecular weight is 234 g/mol. The molecule has 0 spiro atoms. The fraction of sp³-hybridized carbons (Fsp3) is 0.500. The lowest BCUT2D eigenvalue weighted by Gasteiger charge is -2.20. The van der Waals surface area contributed by atoms with E-state index in [1.807, 2.05) is 18.2 Å². The van der Waals surface area contributed by atoms with Crippen LogP contribution < -0.4 is 0 Å². The fourth-order valence-electron chi connectivity index (χ4n) is 1.66. The third-order valence-corrected chi connectivity index (χ3v) is 2.46. The van der Waals surface area contributed by atoms with E-state index in [0.29, 0.717) is 13.1 Å². The predicted molar refractivity (Wildman–Crippen MR) is 67.4 cm³/mol. The molecule has 0 heterocycles. The number of aliphatic hydroxyl groups is 1. The normalized spacial score (nSPS) is 10.2. The van der Waals surface area contributed by atoms with E-state index in [4.69, 9.17) is 10.6 Å². The summed E-state index contributed by atoms with van der Waals surface area (Å²) in [5.74, 6) is 0. The van der Waals surface area contributed by atoms with Crippen LogP contribution in [0.3, 0.4) is 0 Å². The van der Waals surface area contributed by atoms with Crippen molar-refractivity contribution in [2.24, 2.45) is 5.11 Å². The molecule has 0 amide bonds. The molecule has 5 nitrogen and oxygen atoms in total. The van der Waals surface area contributed by atoms with Crippen LogP contribution >= 0.6 is 0 Å². The molecule has 0 aliphatic heterocycles. The Morgan fingerprint density at radius 3 is 2.65 bits per heavy atom. The lowest BCUT2D eigenvalue weighted by atomic mass is 10.2. The summed E-state index contributed by atoms with van der Waals surface area (Å²) in [5, 5.41) is 12.5. The van der Waals surface area contributed by atoms with Gasteiger partial charge in [0.1, 0.15) is 0 Å². The second kappa shape index (κ2) is 8.58. The van der Waals surface area contributed by atoms with Crippen molar-refractivity contribution in [3.05, 3.63) is 46.3 Å². The third-order valence-electron chi connectivity index (χ3n) is 2.46. The molecule has 1 aromatic carbocycles. The summed E-state index contributed by atoms with van der Waals surface area (Å²) in [6.07, 6.45) is 0.816. The number of rotatable bonds is 8. The van der Waals surface area contributed by atoms with Crippen molar-refractivity contribution in [2.45, 2.75) is 13.0 Å². The van der Waals surface area contributed by atoms with E-state index in [1.54, 1.807) is 0 Å². The second-order valence-corrected chi connectivity index (χ2v) is 3.79. The second-order valence-electron chi connectivity index (χ2n) is 3.79. The van der Waals surface area contributed by atoms with Crippen molar-refractivity contribution in [1.29, 1.82) is 0 Å². The van der Waals surface area contributed by atoms with E-state index in [1.165, 1.54) is 5.56 Å². The monoisotopic (exact) mass is 234 g/mol. The number of hydrogen-bond donors (Lipinski definition) is 1. The van der Waals surface area contributed by atoms with Gasteiger partial charge in [-0.25, -0.2) is 0 Å². The standard InChI is InChI=1S/C12H18N4O/c13-15-14-7-4-8-16(9-10-17)11-12-5-2-1-3-6-12/h1-3,5-6,17H,4,7-11H2. The molecule has 0 aliphatic rings. The van der Waals surface area contributed by atoms with Crippen LogP contribution in [-0.4, -0.2) is 36.2 Å². The van der Waals surface area contributed by atoms with Crippen LogP contribution in [0.5, 0.6) is 0 Å². The van der Waals surface area contributed by atoms with Gasteiger partial charge in [0.2, 0.25) is 0 Å². The predicted octanol–water partition coefficient (Wildman–Crippen LogP) is 2.18. The molecular formula is C12H18N4O. The number of hydrogen-bond acceptors (Lipinski definition) is 3. The molecule has 0 aliphatic carbocycles. The van der Waals surface area contributed by atoms with Crippen molar-refractivity contribution in [2.75, 3.05) is 26.2 Å². The van der Waals surface area contributed by atoms with Crippen molar-refractivity contribution < 1.29 is 5.11 Å². The van der Waals surface area contributed by atoms with Crippen molar-refractivity contribution in [3.63, 3.8) is 0 Å². The molecule has 17 heavy (non-hydrogen) atoms. The molecule has 5 heteroatoms. The zero-order valence-corrected chi connectivity index (χ0v) is 9.87. The Morgan fingerprint density at radius 1 is 1.24 bits per heavy atom. The number of azide groups is 1. The van der Waals surface area contributed by atoms with Gasteiger partial charge in [-0.1, -0.05) is 35.4 Å². The topological polar surface area (TPSA) is 72.2 Å². The van der Waals surface area contributed by atoms with E-state index in [-0.39, 0.29) is 6.61 Å². The van der Waals surface area contributed by atoms with Crippen LogP contribution in [0.4, 0.5) is 0 Å². The first-order valence-corrected chi connectivity index (χ1v) is 5.75. The maximum atomic E-state index is 8.99. The summed E-state index contributed by atoms with van der Waals surface area (Å²) >= 11 is 0. The smallest absolute Gasteiger partial charge is 0.0558 e. The Bertz CT molecular complexity index is 349. The maximum Gasteiger partial charge on any atom is 0.0558 e. The highest BCUT2D eigenvalue weighted by atomic mass is 16.3. The molecule has 0 radical (unpaired) electrons. The van der Waals surface area contributed by atoms with Gasteiger partial charge >= 0.3 is 0 Å². The Labute approximate surface area is 101 Å². The summed E-state index contributed by atoms with van der Waals surface area (Å²) in [4.78, 5) is 4.87. The molecule has 0 unspecified atom stereocenters. The van der Waals surface area contributed by atoms with Crippen LogP contribution in [0.15, 0.2) is 35.4 Å². The molecule has 0 aromatic heterocycles. The van der Waals surface area contributed by atoms with E-state index in [2.05, 4.69) is 27.1 Å². The largest absolute Gasteiger partial charge is 0.395 e. The lowest BCUT2D eigenvalue weighted by molar-refractivity contribution is 0.189. The Hall–Kier alpha value is -1.55. The number of aliphatic hydroxyl groups excluding tert-OH is 1. The quantitative estimate of drug-likeness (QED) is 0.324. The van der Waals surface area contributed by atoms with Gasteiger partial charge in [0.25, 0.3) is 0 Å². The Balaban J connectivity index is 2.39. The summed E-state index contributed by atoms with van der Waals surface area (Å²) in [7, 11) is 0. The van der Waals surface area contributed by atoms with Gasteiger partial charge in [0.15, 0.2) is 0 Å². The molecule has 92 valence electrons. The highest BCUT2D eigenvalue weighted by molar-refractivity contribution is 5.14. The molecule has 0 atom stereocenters. The molecule has 0 saturated carbocycles. The van der Waals surface area contributed by atoms with Crippen LogP contribution in [0.1, 0.15) is 12.0 Å². The number of nitrogens with zero attached hydrogens (tertiary/aromatic N) is 4. The zero-order valence-electron chi connectivity index (χ0n) is 9.87. The maximum absolute atomic E-state index is 8.99. The van der Waals surface area contributed by atoms with E-state index >= 15 is 0 Å². The molecule has 0 fully saturated rings. The molecule has 0 saturated heterocycles. The molecule has 1 N–H and O–H groups in total. The van der Waals surface area contributed by atoms with Gasteiger partial charge in [0, 0.05) is 24.5 Å². The first-order chi connectivity index (χ1) is 8.36. The van der Waals surface area contributed by atoms with Crippen molar-refractivity contribution in [3.8, 4) is 0 Å². The third kappa shape index (κ3) is 5.92. The summed E-state index contributed by atoms with van der Waals surface area (Å²) < 4.78 is 0. The van der Waals surface area contributed by atoms with Crippen LogP contribution in [0.25, 0.3) is 10.4 Å². The highest BCUT2D eigenvalue weighted by Crippen LogP contribution is 2.04. The van der Waals surface area contributed by atoms with Gasteiger partial charge in [-0.15, -0.1) is 0 Å². The van der Waals surface area contributed by atoms with Gasteiger partial charge in [-0.2, -0.15) is 0 Å². The summed E-state index contributed by atoms with van der Waals surface area (Å²) in [6.45, 7) is 2.94. The zero-order chi connectivity index (χ0) is 12.3. The van der Waals surface area contributed by atoms with E-state index < -0.39 is 0 Å². The minimum absolute atomic E-state index is 0.147. The first-order valence-electron chi connectivity index (χ1n) is 5.75. The van der Waals surface area contributed by atoms with Crippen LogP contribution in [-0.2, 0) is 6.54 Å². The molecular weight excluding hydrogens is 216 g/mol. The Morgan fingerprint density at radius 2 is 2.00 bits per heavy atom.